The van der Waals surface area contributed by atoms with Gasteiger partial charge in [0.2, 0.25) is 17.6 Å². The molecule has 4 unspecified atom stereocenters. The van der Waals surface area contributed by atoms with Crippen molar-refractivity contribution in [3.63, 3.8) is 0 Å². The molecule has 0 bridgehead atoms. The molecule has 3 amide bonds. The topological polar surface area (TPSA) is 136 Å². The van der Waals surface area contributed by atoms with Gasteiger partial charge in [-0.05, 0) is 36.0 Å². The summed E-state index contributed by atoms with van der Waals surface area (Å²) in [6.07, 6.45) is 4.13. The lowest BCUT2D eigenvalue weighted by atomic mass is 9.80. The average Bonchev–Trinajstić information content (AvgIpc) is 3.06. The van der Waals surface area contributed by atoms with Gasteiger partial charge in [-0.2, -0.15) is 0 Å². The zero-order valence-electron chi connectivity index (χ0n) is 18.9. The van der Waals surface area contributed by atoms with Crippen molar-refractivity contribution in [3.05, 3.63) is 0 Å². The minimum atomic E-state index is -1.05. The molecule has 2 fully saturated rings. The lowest BCUT2D eigenvalue weighted by Crippen LogP contribution is -2.58. The van der Waals surface area contributed by atoms with Crippen LogP contribution >= 0.6 is 0 Å². The highest BCUT2D eigenvalue weighted by Crippen LogP contribution is 2.34. The first kappa shape index (κ1) is 24.3. The van der Waals surface area contributed by atoms with Gasteiger partial charge in [-0.3, -0.25) is 19.2 Å². The Morgan fingerprint density at radius 3 is 2.13 bits per heavy atom. The summed E-state index contributed by atoms with van der Waals surface area (Å²) in [5.41, 5.74) is 11.0. The fourth-order valence-corrected chi connectivity index (χ4v) is 4.37. The van der Waals surface area contributed by atoms with E-state index >= 15 is 0 Å². The number of carbonyl (C=O) groups excluding carboxylic acids is 4. The van der Waals surface area contributed by atoms with Crippen molar-refractivity contribution in [1.29, 1.82) is 0 Å². The predicted molar refractivity (Wildman–Crippen MR) is 114 cm³/mol. The Bertz CT molecular complexity index is 681. The third kappa shape index (κ3) is 5.39. The number of Topliss-reactive ketones (excluding diaryl/α,β-unsaturated/α-hetero) is 1. The lowest BCUT2D eigenvalue weighted by Gasteiger charge is -2.35. The molecular formula is C22H38N4O4. The maximum Gasteiger partial charge on any atom is 0.287 e. The quantitative estimate of drug-likeness (QED) is 0.501. The van der Waals surface area contributed by atoms with Gasteiger partial charge < -0.3 is 21.7 Å². The van der Waals surface area contributed by atoms with E-state index in [1.54, 1.807) is 4.90 Å². The summed E-state index contributed by atoms with van der Waals surface area (Å²) in [7, 11) is 0. The Morgan fingerprint density at radius 1 is 1.10 bits per heavy atom. The van der Waals surface area contributed by atoms with Crippen molar-refractivity contribution >= 4 is 23.5 Å². The number of rotatable bonds is 8. The Labute approximate surface area is 179 Å². The monoisotopic (exact) mass is 422 g/mol. The van der Waals surface area contributed by atoms with Crippen LogP contribution in [0.1, 0.15) is 66.7 Å². The van der Waals surface area contributed by atoms with E-state index in [1.165, 1.54) is 0 Å². The highest BCUT2D eigenvalue weighted by molar-refractivity contribution is 6.37. The second-order valence-electron chi connectivity index (χ2n) is 10.3. The number of nitrogens with one attached hydrogen (secondary N) is 1. The van der Waals surface area contributed by atoms with Crippen LogP contribution in [0.3, 0.4) is 0 Å². The van der Waals surface area contributed by atoms with Crippen molar-refractivity contribution in [3.8, 4) is 0 Å². The summed E-state index contributed by atoms with van der Waals surface area (Å²) in [4.78, 5) is 51.9. The number of amides is 3. The third-order valence-corrected chi connectivity index (χ3v) is 6.72. The fraction of sp³-hybridized carbons (Fsp3) is 0.818. The van der Waals surface area contributed by atoms with Gasteiger partial charge in [0.1, 0.15) is 6.04 Å². The summed E-state index contributed by atoms with van der Waals surface area (Å²) in [6, 6.07) is -2.39. The Balaban J connectivity index is 2.24. The number of carbonyl (C=O) groups is 4. The second kappa shape index (κ2) is 9.45. The zero-order valence-corrected chi connectivity index (χ0v) is 18.9. The van der Waals surface area contributed by atoms with Crippen molar-refractivity contribution in [2.24, 2.45) is 34.6 Å². The van der Waals surface area contributed by atoms with Gasteiger partial charge in [-0.25, -0.2) is 0 Å². The predicted octanol–water partition coefficient (Wildman–Crippen LogP) is 0.962. The number of primary amides is 1. The van der Waals surface area contributed by atoms with E-state index in [-0.39, 0.29) is 17.7 Å². The van der Waals surface area contributed by atoms with Crippen LogP contribution in [-0.4, -0.2) is 53.1 Å². The lowest BCUT2D eigenvalue weighted by molar-refractivity contribution is -0.144. The van der Waals surface area contributed by atoms with E-state index in [0.29, 0.717) is 25.3 Å². The van der Waals surface area contributed by atoms with Gasteiger partial charge in [0, 0.05) is 6.54 Å². The normalized spacial score (nSPS) is 24.3. The number of nitrogens with two attached hydrogens (primary N) is 2. The summed E-state index contributed by atoms with van der Waals surface area (Å²) in [6.45, 7) is 10.1. The maximum atomic E-state index is 13.3. The molecule has 0 aromatic carbocycles. The van der Waals surface area contributed by atoms with Crippen LogP contribution in [0.2, 0.25) is 0 Å². The largest absolute Gasteiger partial charge is 0.363 e. The van der Waals surface area contributed by atoms with E-state index in [4.69, 9.17) is 11.5 Å². The molecule has 8 heteroatoms. The first-order valence-electron chi connectivity index (χ1n) is 11.0. The molecule has 0 aromatic heterocycles. The Hall–Kier alpha value is -1.96. The number of ketones is 1. The van der Waals surface area contributed by atoms with Crippen LogP contribution in [0.4, 0.5) is 0 Å². The molecular weight excluding hydrogens is 384 g/mol. The first-order chi connectivity index (χ1) is 13.8. The van der Waals surface area contributed by atoms with E-state index in [9.17, 15) is 19.2 Å². The molecule has 2 aliphatic rings. The van der Waals surface area contributed by atoms with Crippen LogP contribution in [-0.2, 0) is 19.2 Å². The van der Waals surface area contributed by atoms with Gasteiger partial charge in [0.25, 0.3) is 5.91 Å². The van der Waals surface area contributed by atoms with Crippen LogP contribution < -0.4 is 16.8 Å². The molecule has 0 aromatic rings. The molecule has 2 rings (SSSR count). The van der Waals surface area contributed by atoms with Crippen molar-refractivity contribution in [2.45, 2.75) is 84.8 Å². The molecule has 1 aliphatic carbocycles. The van der Waals surface area contributed by atoms with E-state index in [2.05, 4.69) is 5.32 Å². The fourth-order valence-electron chi connectivity index (χ4n) is 4.37. The van der Waals surface area contributed by atoms with E-state index in [1.807, 2.05) is 34.6 Å². The molecule has 1 heterocycles. The SMILES string of the molecule is CC(C)C1CCN(C(=O)C(N)C(C)(C)C)C1C(=O)NC(CC1CCC1)C(=O)C(N)=O. The maximum absolute atomic E-state index is 13.3. The Kier molecular flexibility index (Phi) is 7.66. The van der Waals surface area contributed by atoms with Crippen LogP contribution in [0.15, 0.2) is 0 Å². The molecule has 30 heavy (non-hydrogen) atoms. The number of likely N-dealkylation sites (tertiary alicyclic amines) is 1. The van der Waals surface area contributed by atoms with Gasteiger partial charge in [-0.1, -0.05) is 53.9 Å². The van der Waals surface area contributed by atoms with Crippen molar-refractivity contribution in [1.82, 2.24) is 10.2 Å². The molecule has 5 N–H and O–H groups in total. The van der Waals surface area contributed by atoms with Crippen molar-refractivity contribution in [2.75, 3.05) is 6.54 Å². The van der Waals surface area contributed by atoms with E-state index < -0.39 is 41.1 Å². The van der Waals surface area contributed by atoms with Gasteiger partial charge in [0.15, 0.2) is 0 Å². The number of nitrogens with zero attached hydrogens (tertiary/aromatic N) is 1. The molecule has 0 spiro atoms. The first-order valence-corrected chi connectivity index (χ1v) is 11.0. The molecule has 1 aliphatic heterocycles. The standard InChI is InChI=1S/C22H38N4O4/c1-12(2)14-9-10-26(21(30)18(23)22(3,4)5)16(14)20(29)25-15(17(27)19(24)28)11-13-7-6-8-13/h12-16,18H,6-11,23H2,1-5H3,(H2,24,28)(H,25,29). The Morgan fingerprint density at radius 2 is 1.70 bits per heavy atom. The molecule has 1 saturated carbocycles. The van der Waals surface area contributed by atoms with Crippen molar-refractivity contribution < 1.29 is 19.2 Å². The molecule has 0 radical (unpaired) electrons. The molecule has 1 saturated heterocycles. The smallest absolute Gasteiger partial charge is 0.287 e. The minimum absolute atomic E-state index is 0.0471. The highest BCUT2D eigenvalue weighted by atomic mass is 16.2. The summed E-state index contributed by atoms with van der Waals surface area (Å²) in [5, 5.41) is 2.76. The van der Waals surface area contributed by atoms with Crippen LogP contribution in [0, 0.1) is 23.2 Å². The van der Waals surface area contributed by atoms with Crippen LogP contribution in [0.5, 0.6) is 0 Å². The molecule has 170 valence electrons. The number of hydrogen-bond donors (Lipinski definition) is 3. The third-order valence-electron chi connectivity index (χ3n) is 6.72. The van der Waals surface area contributed by atoms with E-state index in [0.717, 1.165) is 19.3 Å². The van der Waals surface area contributed by atoms with Gasteiger partial charge in [0.05, 0.1) is 12.1 Å². The second-order valence-corrected chi connectivity index (χ2v) is 10.3. The zero-order chi connectivity index (χ0) is 22.8. The highest BCUT2D eigenvalue weighted by Gasteiger charge is 2.46. The summed E-state index contributed by atoms with van der Waals surface area (Å²) in [5.74, 6) is -2.07. The molecule has 4 atom stereocenters. The van der Waals surface area contributed by atoms with Crippen LogP contribution in [0.25, 0.3) is 0 Å². The number of hydrogen-bond acceptors (Lipinski definition) is 5. The summed E-state index contributed by atoms with van der Waals surface area (Å²) >= 11 is 0. The van der Waals surface area contributed by atoms with Gasteiger partial charge in [-0.15, -0.1) is 0 Å². The molecule has 8 nitrogen and oxygen atoms in total. The average molecular weight is 423 g/mol. The van der Waals surface area contributed by atoms with Gasteiger partial charge >= 0.3 is 0 Å². The summed E-state index contributed by atoms with van der Waals surface area (Å²) < 4.78 is 0. The minimum Gasteiger partial charge on any atom is -0.363 e.